The van der Waals surface area contributed by atoms with Crippen molar-refractivity contribution < 1.29 is 48.1 Å². The summed E-state index contributed by atoms with van der Waals surface area (Å²) in [5, 5.41) is 0. The van der Waals surface area contributed by atoms with Gasteiger partial charge in [0.1, 0.15) is 0 Å². The third kappa shape index (κ3) is 4.33. The summed E-state index contributed by atoms with van der Waals surface area (Å²) in [5.74, 6) is 0. The molecule has 0 bridgehead atoms. The summed E-state index contributed by atoms with van der Waals surface area (Å²) in [5.41, 5.74) is 10.1. The van der Waals surface area contributed by atoms with Crippen LogP contribution in [0.3, 0.4) is 0 Å². The second-order valence-corrected chi connectivity index (χ2v) is 4.65. The molecule has 0 fully saturated rings. The van der Waals surface area contributed by atoms with Gasteiger partial charge in [0.15, 0.2) is 0 Å². The number of benzene rings is 1. The van der Waals surface area contributed by atoms with Crippen LogP contribution in [0.15, 0.2) is 24.3 Å². The van der Waals surface area contributed by atoms with E-state index < -0.39 is 10.3 Å². The zero-order valence-corrected chi connectivity index (χ0v) is 13.6. The van der Waals surface area contributed by atoms with E-state index in [0.29, 0.717) is 0 Å². The van der Waals surface area contributed by atoms with Gasteiger partial charge in [-0.05, 0) is 26.0 Å². The van der Waals surface area contributed by atoms with Gasteiger partial charge in [0.2, 0.25) is 5.69 Å². The standard InChI is InChI=1S/C10H15N3O3S.Na.H/c1-3-12(4-2)9-5-7-10(8-6-9)13(11)17(14,15)16;;/h5-8H,3-4H2,1-2H3,(H,14,15,16);;/q;+1;-1. The van der Waals surface area contributed by atoms with E-state index in [9.17, 15) is 13.9 Å². The molecule has 1 aromatic rings. The summed E-state index contributed by atoms with van der Waals surface area (Å²) in [7, 11) is -4.62. The summed E-state index contributed by atoms with van der Waals surface area (Å²) >= 11 is 0. The van der Waals surface area contributed by atoms with E-state index in [4.69, 9.17) is 4.55 Å². The zero-order valence-electron chi connectivity index (χ0n) is 11.7. The van der Waals surface area contributed by atoms with Crippen molar-refractivity contribution in [2.24, 2.45) is 0 Å². The first-order valence-electron chi connectivity index (χ1n) is 5.21. The van der Waals surface area contributed by atoms with Gasteiger partial charge in [-0.25, -0.2) is 4.55 Å². The number of rotatable bonds is 5. The van der Waals surface area contributed by atoms with Crippen molar-refractivity contribution in [3.05, 3.63) is 29.8 Å². The van der Waals surface area contributed by atoms with Crippen LogP contribution < -0.4 is 34.5 Å². The van der Waals surface area contributed by atoms with Crippen molar-refractivity contribution in [3.8, 4) is 0 Å². The van der Waals surface area contributed by atoms with Gasteiger partial charge >= 0.3 is 39.9 Å². The van der Waals surface area contributed by atoms with Crippen molar-refractivity contribution >= 4 is 21.7 Å². The van der Waals surface area contributed by atoms with Crippen LogP contribution in [-0.4, -0.2) is 30.2 Å². The third-order valence-corrected chi connectivity index (χ3v) is 3.07. The summed E-state index contributed by atoms with van der Waals surface area (Å²) < 4.78 is 29.8. The second kappa shape index (κ2) is 7.20. The smallest absolute Gasteiger partial charge is 1.00 e. The van der Waals surface area contributed by atoms with Gasteiger partial charge in [-0.2, -0.15) is 0 Å². The van der Waals surface area contributed by atoms with Gasteiger partial charge in [-0.1, -0.05) is 0 Å². The fourth-order valence-corrected chi connectivity index (χ4v) is 1.90. The average molecular weight is 281 g/mol. The Labute approximate surface area is 131 Å². The van der Waals surface area contributed by atoms with Gasteiger partial charge in [0, 0.05) is 30.9 Å². The second-order valence-electron chi connectivity index (χ2n) is 3.41. The first kappa shape index (κ1) is 17.5. The van der Waals surface area contributed by atoms with Crippen molar-refractivity contribution in [2.75, 3.05) is 18.0 Å². The van der Waals surface area contributed by atoms with Crippen LogP contribution in [0, 0.1) is 0 Å². The molecule has 96 valence electrons. The molecule has 6 nitrogen and oxygen atoms in total. The fraction of sp³-hybridized carbons (Fsp3) is 0.400. The molecule has 0 unspecified atom stereocenters. The van der Waals surface area contributed by atoms with E-state index in [1.165, 1.54) is 12.1 Å². The molecule has 0 aliphatic heterocycles. The number of hydrogen-bond donors (Lipinski definition) is 1. The van der Waals surface area contributed by atoms with Gasteiger partial charge in [0.25, 0.3) is 0 Å². The molecule has 0 aliphatic rings. The monoisotopic (exact) mass is 281 g/mol. The Bertz CT molecular complexity index is 503. The van der Waals surface area contributed by atoms with Gasteiger partial charge in [-0.3, -0.25) is 0 Å². The molecule has 1 aromatic carbocycles. The number of anilines is 1. The van der Waals surface area contributed by atoms with Crippen molar-refractivity contribution in [1.82, 2.24) is 0 Å². The van der Waals surface area contributed by atoms with E-state index >= 15 is 0 Å². The van der Waals surface area contributed by atoms with E-state index in [1.807, 2.05) is 13.8 Å². The van der Waals surface area contributed by atoms with Crippen LogP contribution in [0.1, 0.15) is 15.3 Å². The molecule has 1 rings (SSSR count). The minimum absolute atomic E-state index is 0. The molecule has 8 heteroatoms. The molecule has 0 amide bonds. The summed E-state index contributed by atoms with van der Waals surface area (Å²) in [6.45, 7) is 5.68. The van der Waals surface area contributed by atoms with Crippen LogP contribution in [0.25, 0.3) is 5.53 Å². The molecular weight excluding hydrogens is 265 g/mol. The molecule has 0 heterocycles. The number of nitrogens with zero attached hydrogens (tertiary/aromatic N) is 3. The third-order valence-electron chi connectivity index (χ3n) is 2.42. The molecule has 0 saturated carbocycles. The maximum Gasteiger partial charge on any atom is 1.00 e. The Morgan fingerprint density at radius 1 is 1.28 bits per heavy atom. The number of hydrogen-bond acceptors (Lipinski definition) is 3. The largest absolute Gasteiger partial charge is 1.00 e. The Morgan fingerprint density at radius 2 is 1.72 bits per heavy atom. The first-order valence-corrected chi connectivity index (χ1v) is 6.61. The molecule has 0 atom stereocenters. The molecule has 18 heavy (non-hydrogen) atoms. The first-order chi connectivity index (χ1) is 7.90. The molecule has 0 aliphatic carbocycles. The predicted molar refractivity (Wildman–Crippen MR) is 65.9 cm³/mol. The van der Waals surface area contributed by atoms with E-state index in [0.717, 1.165) is 18.8 Å². The maximum atomic E-state index is 10.7. The normalized spacial score (nSPS) is 10.6. The van der Waals surface area contributed by atoms with Gasteiger partial charge in [0.05, 0.1) is 0 Å². The maximum absolute atomic E-state index is 10.7. The Kier molecular flexibility index (Phi) is 7.01. The van der Waals surface area contributed by atoms with E-state index in [-0.39, 0.29) is 40.8 Å². The minimum atomic E-state index is -4.62. The molecular formula is C10H16N3NaO3S. The fourth-order valence-electron chi connectivity index (χ4n) is 1.51. The minimum Gasteiger partial charge on any atom is -1.00 e. The van der Waals surface area contributed by atoms with Crippen molar-refractivity contribution in [2.45, 2.75) is 13.8 Å². The molecule has 0 aromatic heterocycles. The SMILES string of the molecule is CCN(CC)c1ccc([N+](=[N-])S(=O)(=O)O)cc1.[H-].[Na+]. The molecule has 0 saturated heterocycles. The Balaban J connectivity index is 0. The van der Waals surface area contributed by atoms with Crippen molar-refractivity contribution in [3.63, 3.8) is 0 Å². The molecule has 0 radical (unpaired) electrons. The van der Waals surface area contributed by atoms with Crippen LogP contribution in [0.5, 0.6) is 0 Å². The zero-order chi connectivity index (χ0) is 13.1. The molecule has 1 N–H and O–H groups in total. The molecule has 0 spiro atoms. The van der Waals surface area contributed by atoms with Crippen LogP contribution in [0.2, 0.25) is 0 Å². The van der Waals surface area contributed by atoms with Crippen LogP contribution in [-0.2, 0) is 10.3 Å². The summed E-state index contributed by atoms with van der Waals surface area (Å²) in [6.07, 6.45) is 0. The van der Waals surface area contributed by atoms with Crippen molar-refractivity contribution in [1.29, 1.82) is 0 Å². The van der Waals surface area contributed by atoms with Gasteiger partial charge < -0.3 is 11.9 Å². The van der Waals surface area contributed by atoms with Crippen LogP contribution >= 0.6 is 0 Å². The topological polar surface area (TPSA) is 82.9 Å². The van der Waals surface area contributed by atoms with E-state index in [1.54, 1.807) is 12.1 Å². The Hall–Kier alpha value is -0.470. The quantitative estimate of drug-likeness (QED) is 0.329. The summed E-state index contributed by atoms with van der Waals surface area (Å²) in [4.78, 5) is 2.07. The average Bonchev–Trinajstić information content (AvgIpc) is 2.29. The van der Waals surface area contributed by atoms with Crippen LogP contribution in [0.4, 0.5) is 11.4 Å². The predicted octanol–water partition coefficient (Wildman–Crippen LogP) is -0.882. The summed E-state index contributed by atoms with van der Waals surface area (Å²) in [6, 6.07) is 6.19. The van der Waals surface area contributed by atoms with Gasteiger partial charge in [-0.15, -0.1) is 12.5 Å². The Morgan fingerprint density at radius 3 is 2.06 bits per heavy atom. The van der Waals surface area contributed by atoms with E-state index in [2.05, 4.69) is 4.90 Å².